The van der Waals surface area contributed by atoms with Gasteiger partial charge in [0.25, 0.3) is 5.91 Å². The van der Waals surface area contributed by atoms with Gasteiger partial charge in [0.15, 0.2) is 9.84 Å². The summed E-state index contributed by atoms with van der Waals surface area (Å²) in [6.07, 6.45) is 6.13. The fraction of sp³-hybridized carbons (Fsp3) is 0.531. The molecule has 9 nitrogen and oxygen atoms in total. The summed E-state index contributed by atoms with van der Waals surface area (Å²) in [5, 5.41) is 17.5. The first-order valence-corrected chi connectivity index (χ1v) is 16.9. The smallest absolute Gasteiger partial charge is 0.251 e. The fourth-order valence-corrected chi connectivity index (χ4v) is 7.46. The molecular formula is C32H41N3O6S. The molecular weight excluding hydrogens is 554 g/mol. The summed E-state index contributed by atoms with van der Waals surface area (Å²) in [5.74, 6) is 0.0175. The summed E-state index contributed by atoms with van der Waals surface area (Å²) >= 11 is 0. The van der Waals surface area contributed by atoms with Crippen molar-refractivity contribution in [2.45, 2.75) is 81.4 Å². The third-order valence-electron chi connectivity index (χ3n) is 9.15. The number of fused-ring (bicyclic) bond motifs is 2. The standard InChI is InChI=1S/C32H41N3O6S/c1-20(31(38)33-27-16-22-10-11-23(27)14-22)13-29(36)28(15-21-7-4-3-5-8-21)34-32(39)24-17-25(35-12-6-9-30(35)37)19-26(18-24)42(2,40)41/h3-5,7-8,17-20,22-23,27-29,36H,6,9-16H2,1-2H3,(H,33,38)(H,34,39). The van der Waals surface area contributed by atoms with E-state index in [1.54, 1.807) is 6.92 Å². The molecule has 0 radical (unpaired) electrons. The molecule has 1 heterocycles. The molecule has 6 unspecified atom stereocenters. The third kappa shape index (κ3) is 7.03. The van der Waals surface area contributed by atoms with Gasteiger partial charge in [0.05, 0.1) is 17.0 Å². The number of carbonyl (C=O) groups is 3. The predicted octanol–water partition coefficient (Wildman–Crippen LogP) is 3.25. The van der Waals surface area contributed by atoms with Crippen LogP contribution in [0.2, 0.25) is 0 Å². The topological polar surface area (TPSA) is 133 Å². The molecule has 2 bridgehead atoms. The number of sulfone groups is 1. The number of nitrogens with zero attached hydrogens (tertiary/aromatic N) is 1. The predicted molar refractivity (Wildman–Crippen MR) is 160 cm³/mol. The Labute approximate surface area is 248 Å². The van der Waals surface area contributed by atoms with Gasteiger partial charge in [-0.25, -0.2) is 8.42 Å². The molecule has 2 aliphatic carbocycles. The van der Waals surface area contributed by atoms with Crippen molar-refractivity contribution in [3.63, 3.8) is 0 Å². The van der Waals surface area contributed by atoms with Crippen molar-refractivity contribution >= 4 is 33.2 Å². The van der Waals surface area contributed by atoms with Gasteiger partial charge in [0, 0.05) is 42.4 Å². The van der Waals surface area contributed by atoms with Crippen molar-refractivity contribution in [2.24, 2.45) is 17.8 Å². The van der Waals surface area contributed by atoms with Crippen LogP contribution in [-0.4, -0.2) is 62.2 Å². The Morgan fingerprint density at radius 1 is 1.10 bits per heavy atom. The molecule has 3 amide bonds. The lowest BCUT2D eigenvalue weighted by Gasteiger charge is -2.28. The van der Waals surface area contributed by atoms with Crippen molar-refractivity contribution in [2.75, 3.05) is 17.7 Å². The second-order valence-electron chi connectivity index (χ2n) is 12.4. The molecule has 10 heteroatoms. The van der Waals surface area contributed by atoms with Crippen LogP contribution in [0, 0.1) is 17.8 Å². The molecule has 2 saturated carbocycles. The summed E-state index contributed by atoms with van der Waals surface area (Å²) in [5.41, 5.74) is 1.34. The van der Waals surface area contributed by atoms with Gasteiger partial charge in [0.1, 0.15) is 0 Å². The van der Waals surface area contributed by atoms with Gasteiger partial charge in [-0.2, -0.15) is 0 Å². The minimum Gasteiger partial charge on any atom is -0.391 e. The first-order valence-electron chi connectivity index (χ1n) is 15.0. The number of carbonyl (C=O) groups excluding carboxylic acids is 3. The monoisotopic (exact) mass is 595 g/mol. The maximum atomic E-state index is 13.6. The second-order valence-corrected chi connectivity index (χ2v) is 14.4. The Morgan fingerprint density at radius 2 is 1.86 bits per heavy atom. The SMILES string of the molecule is CC(CC(O)C(Cc1ccccc1)NC(=O)c1cc(N2CCCC2=O)cc(S(C)(=O)=O)c1)C(=O)NC1CC2CCC1C2. The average Bonchev–Trinajstić information content (AvgIpc) is 3.70. The number of nitrogens with one attached hydrogen (secondary N) is 2. The Kier molecular flexibility index (Phi) is 9.03. The van der Waals surface area contributed by atoms with Gasteiger partial charge in [-0.05, 0) is 74.1 Å². The molecule has 42 heavy (non-hydrogen) atoms. The maximum Gasteiger partial charge on any atom is 0.251 e. The molecule has 226 valence electrons. The number of aliphatic hydroxyl groups excluding tert-OH is 1. The quantitative estimate of drug-likeness (QED) is 0.365. The van der Waals surface area contributed by atoms with E-state index in [0.29, 0.717) is 43.3 Å². The zero-order valence-corrected chi connectivity index (χ0v) is 25.1. The second kappa shape index (κ2) is 12.6. The molecule has 3 N–H and O–H groups in total. The van der Waals surface area contributed by atoms with E-state index in [1.807, 2.05) is 30.3 Å². The minimum absolute atomic E-state index is 0.0593. The van der Waals surface area contributed by atoms with Crippen molar-refractivity contribution < 1.29 is 27.9 Å². The lowest BCUT2D eigenvalue weighted by atomic mass is 9.92. The molecule has 2 aromatic rings. The van der Waals surface area contributed by atoms with Gasteiger partial charge in [-0.3, -0.25) is 14.4 Å². The number of hydrogen-bond donors (Lipinski definition) is 3. The Bertz CT molecular complexity index is 1430. The molecule has 3 fully saturated rings. The number of anilines is 1. The summed E-state index contributed by atoms with van der Waals surface area (Å²) in [6.45, 7) is 2.24. The molecule has 0 aromatic heterocycles. The average molecular weight is 596 g/mol. The highest BCUT2D eigenvalue weighted by molar-refractivity contribution is 7.90. The summed E-state index contributed by atoms with van der Waals surface area (Å²) < 4.78 is 24.9. The molecule has 1 saturated heterocycles. The van der Waals surface area contributed by atoms with E-state index in [9.17, 15) is 27.9 Å². The zero-order chi connectivity index (χ0) is 30.0. The van der Waals surface area contributed by atoms with Crippen LogP contribution >= 0.6 is 0 Å². The first kappa shape index (κ1) is 30.2. The number of amides is 3. The van der Waals surface area contributed by atoms with Crippen molar-refractivity contribution in [3.8, 4) is 0 Å². The van der Waals surface area contributed by atoms with Crippen LogP contribution in [-0.2, 0) is 25.8 Å². The van der Waals surface area contributed by atoms with Gasteiger partial charge in [0.2, 0.25) is 11.8 Å². The van der Waals surface area contributed by atoms with Gasteiger partial charge < -0.3 is 20.6 Å². The van der Waals surface area contributed by atoms with E-state index in [-0.39, 0.29) is 34.7 Å². The highest BCUT2D eigenvalue weighted by atomic mass is 32.2. The van der Waals surface area contributed by atoms with Gasteiger partial charge in [-0.15, -0.1) is 0 Å². The van der Waals surface area contributed by atoms with Crippen LogP contribution in [0.5, 0.6) is 0 Å². The summed E-state index contributed by atoms with van der Waals surface area (Å²) in [7, 11) is -3.67. The summed E-state index contributed by atoms with van der Waals surface area (Å²) in [4.78, 5) is 40.5. The van der Waals surface area contributed by atoms with Crippen LogP contribution in [0.25, 0.3) is 0 Å². The molecule has 0 spiro atoms. The Balaban J connectivity index is 1.33. The minimum atomic E-state index is -3.67. The Hall–Kier alpha value is -3.24. The normalized spacial score (nSPS) is 23.9. The van der Waals surface area contributed by atoms with E-state index in [4.69, 9.17) is 0 Å². The molecule has 3 aliphatic rings. The molecule has 6 atom stereocenters. The molecule has 1 aliphatic heterocycles. The van der Waals surface area contributed by atoms with Crippen molar-refractivity contribution in [1.29, 1.82) is 0 Å². The van der Waals surface area contributed by atoms with Crippen LogP contribution in [0.15, 0.2) is 53.4 Å². The van der Waals surface area contributed by atoms with E-state index >= 15 is 0 Å². The number of hydrogen-bond acceptors (Lipinski definition) is 6. The van der Waals surface area contributed by atoms with Gasteiger partial charge >= 0.3 is 0 Å². The number of aliphatic hydroxyl groups is 1. The first-order chi connectivity index (χ1) is 20.0. The highest BCUT2D eigenvalue weighted by Crippen LogP contribution is 2.44. The third-order valence-corrected chi connectivity index (χ3v) is 10.2. The van der Waals surface area contributed by atoms with E-state index in [2.05, 4.69) is 10.6 Å². The lowest BCUT2D eigenvalue weighted by Crippen LogP contribution is -2.47. The van der Waals surface area contributed by atoms with Crippen molar-refractivity contribution in [3.05, 3.63) is 59.7 Å². The summed E-state index contributed by atoms with van der Waals surface area (Å²) in [6, 6.07) is 13.1. The van der Waals surface area contributed by atoms with Crippen LogP contribution < -0.4 is 15.5 Å². The fourth-order valence-electron chi connectivity index (χ4n) is 6.79. The van der Waals surface area contributed by atoms with Crippen LogP contribution in [0.4, 0.5) is 5.69 Å². The van der Waals surface area contributed by atoms with E-state index in [1.165, 1.54) is 35.9 Å². The van der Waals surface area contributed by atoms with E-state index in [0.717, 1.165) is 24.7 Å². The van der Waals surface area contributed by atoms with Crippen LogP contribution in [0.1, 0.15) is 67.8 Å². The van der Waals surface area contributed by atoms with Gasteiger partial charge in [-0.1, -0.05) is 43.7 Å². The van der Waals surface area contributed by atoms with Crippen molar-refractivity contribution in [1.82, 2.24) is 10.6 Å². The molecule has 5 rings (SSSR count). The Morgan fingerprint density at radius 3 is 2.48 bits per heavy atom. The largest absolute Gasteiger partial charge is 0.391 e. The van der Waals surface area contributed by atoms with Crippen LogP contribution in [0.3, 0.4) is 0 Å². The molecule has 2 aromatic carbocycles. The van der Waals surface area contributed by atoms with E-state index < -0.39 is 33.8 Å². The number of benzene rings is 2. The highest BCUT2D eigenvalue weighted by Gasteiger charge is 2.40. The zero-order valence-electron chi connectivity index (χ0n) is 24.3. The lowest BCUT2D eigenvalue weighted by molar-refractivity contribution is -0.126. The number of rotatable bonds is 11. The maximum absolute atomic E-state index is 13.6.